The first-order valence-corrected chi connectivity index (χ1v) is 7.34. The Bertz CT molecular complexity index is 590. The lowest BCUT2D eigenvalue weighted by Crippen LogP contribution is -2.20. The number of nitrogens with one attached hydrogen (secondary N) is 1. The summed E-state index contributed by atoms with van der Waals surface area (Å²) in [5.74, 6) is 1.34. The molecule has 0 aliphatic carbocycles. The molecule has 0 spiro atoms. The molecule has 2 aromatic rings. The van der Waals surface area contributed by atoms with Gasteiger partial charge >= 0.3 is 0 Å². The second-order valence-electron chi connectivity index (χ2n) is 4.51. The van der Waals surface area contributed by atoms with Crippen molar-refractivity contribution in [3.05, 3.63) is 46.1 Å². The standard InChI is InChI=1S/C15H18BrN3O2/c1-17-13(12-5-7-15(21-3)19-18-12)9-10-4-6-14(20-2)11(16)8-10/h4-8,13,17H,9H2,1-3H3. The van der Waals surface area contributed by atoms with Crippen LogP contribution in [0, 0.1) is 0 Å². The summed E-state index contributed by atoms with van der Waals surface area (Å²) < 4.78 is 11.2. The minimum atomic E-state index is 0.0868. The smallest absolute Gasteiger partial charge is 0.233 e. The van der Waals surface area contributed by atoms with Gasteiger partial charge in [-0.15, -0.1) is 5.10 Å². The lowest BCUT2D eigenvalue weighted by atomic mass is 10.0. The summed E-state index contributed by atoms with van der Waals surface area (Å²) in [5.41, 5.74) is 2.06. The summed E-state index contributed by atoms with van der Waals surface area (Å²) in [6.07, 6.45) is 0.806. The van der Waals surface area contributed by atoms with E-state index >= 15 is 0 Å². The molecule has 5 nitrogen and oxygen atoms in total. The zero-order valence-electron chi connectivity index (χ0n) is 12.3. The van der Waals surface area contributed by atoms with Crippen LogP contribution in [0.25, 0.3) is 0 Å². The van der Waals surface area contributed by atoms with E-state index in [1.54, 1.807) is 14.2 Å². The molecule has 1 N–H and O–H groups in total. The van der Waals surface area contributed by atoms with Gasteiger partial charge in [0.2, 0.25) is 5.88 Å². The van der Waals surface area contributed by atoms with Gasteiger partial charge in [0.05, 0.1) is 30.4 Å². The van der Waals surface area contributed by atoms with Gasteiger partial charge in [0.1, 0.15) is 5.75 Å². The molecule has 0 aliphatic rings. The average Bonchev–Trinajstić information content (AvgIpc) is 2.53. The van der Waals surface area contributed by atoms with Gasteiger partial charge in [0.25, 0.3) is 0 Å². The maximum absolute atomic E-state index is 5.24. The van der Waals surface area contributed by atoms with E-state index in [4.69, 9.17) is 9.47 Å². The zero-order chi connectivity index (χ0) is 15.2. The van der Waals surface area contributed by atoms with Gasteiger partial charge in [-0.2, -0.15) is 5.10 Å². The number of nitrogens with zero attached hydrogens (tertiary/aromatic N) is 2. The number of benzene rings is 1. The third-order valence-electron chi connectivity index (χ3n) is 3.23. The van der Waals surface area contributed by atoms with Gasteiger partial charge in [-0.25, -0.2) is 0 Å². The quantitative estimate of drug-likeness (QED) is 0.867. The minimum absolute atomic E-state index is 0.0868. The van der Waals surface area contributed by atoms with Crippen molar-refractivity contribution < 1.29 is 9.47 Å². The molecular formula is C15H18BrN3O2. The number of aromatic nitrogens is 2. The third kappa shape index (κ3) is 3.92. The predicted molar refractivity (Wildman–Crippen MR) is 84.8 cm³/mol. The molecule has 0 radical (unpaired) electrons. The topological polar surface area (TPSA) is 56.3 Å². The number of hydrogen-bond donors (Lipinski definition) is 1. The summed E-state index contributed by atoms with van der Waals surface area (Å²) >= 11 is 3.50. The SMILES string of the molecule is CNC(Cc1ccc(OC)c(Br)c1)c1ccc(OC)nn1. The van der Waals surface area contributed by atoms with Gasteiger partial charge in [-0.05, 0) is 53.2 Å². The maximum atomic E-state index is 5.24. The number of likely N-dealkylation sites (N-methyl/N-ethyl adjacent to an activating group) is 1. The highest BCUT2D eigenvalue weighted by Crippen LogP contribution is 2.27. The van der Waals surface area contributed by atoms with Gasteiger partial charge in [-0.1, -0.05) is 6.07 Å². The second-order valence-corrected chi connectivity index (χ2v) is 5.37. The summed E-state index contributed by atoms with van der Waals surface area (Å²) in [5, 5.41) is 11.5. The summed E-state index contributed by atoms with van der Waals surface area (Å²) in [7, 11) is 5.15. The third-order valence-corrected chi connectivity index (χ3v) is 3.85. The number of methoxy groups -OCH3 is 2. The Hall–Kier alpha value is -1.66. The van der Waals surface area contributed by atoms with E-state index in [0.29, 0.717) is 5.88 Å². The largest absolute Gasteiger partial charge is 0.496 e. The Morgan fingerprint density at radius 2 is 1.95 bits per heavy atom. The van der Waals surface area contributed by atoms with Gasteiger partial charge in [-0.3, -0.25) is 0 Å². The highest BCUT2D eigenvalue weighted by Gasteiger charge is 2.13. The molecule has 0 bridgehead atoms. The molecule has 0 saturated heterocycles. The van der Waals surface area contributed by atoms with E-state index in [2.05, 4.69) is 37.5 Å². The lowest BCUT2D eigenvalue weighted by Gasteiger charge is -2.16. The van der Waals surface area contributed by atoms with E-state index in [-0.39, 0.29) is 6.04 Å². The molecule has 1 unspecified atom stereocenters. The molecule has 1 atom stereocenters. The molecule has 112 valence electrons. The molecule has 6 heteroatoms. The van der Waals surface area contributed by atoms with E-state index in [1.165, 1.54) is 5.56 Å². The van der Waals surface area contributed by atoms with Crippen LogP contribution in [0.5, 0.6) is 11.6 Å². The Kier molecular flexibility index (Phi) is 5.52. The van der Waals surface area contributed by atoms with Crippen LogP contribution in [-0.2, 0) is 6.42 Å². The van der Waals surface area contributed by atoms with E-state index in [1.807, 2.05) is 31.3 Å². The normalized spacial score (nSPS) is 12.0. The molecule has 0 amide bonds. The molecule has 1 aromatic carbocycles. The molecule has 1 heterocycles. The first-order valence-electron chi connectivity index (χ1n) is 6.55. The number of hydrogen-bond acceptors (Lipinski definition) is 5. The van der Waals surface area contributed by atoms with E-state index < -0.39 is 0 Å². The zero-order valence-corrected chi connectivity index (χ0v) is 13.8. The number of halogens is 1. The second kappa shape index (κ2) is 7.38. The van der Waals surface area contributed by atoms with Crippen molar-refractivity contribution in [3.63, 3.8) is 0 Å². The summed E-state index contributed by atoms with van der Waals surface area (Å²) in [4.78, 5) is 0. The van der Waals surface area contributed by atoms with Crippen molar-refractivity contribution in [1.82, 2.24) is 15.5 Å². The fraction of sp³-hybridized carbons (Fsp3) is 0.333. The minimum Gasteiger partial charge on any atom is -0.496 e. The molecular weight excluding hydrogens is 334 g/mol. The fourth-order valence-corrected chi connectivity index (χ4v) is 2.64. The van der Waals surface area contributed by atoms with Crippen molar-refractivity contribution in [2.75, 3.05) is 21.3 Å². The first kappa shape index (κ1) is 15.7. The van der Waals surface area contributed by atoms with Crippen molar-refractivity contribution in [1.29, 1.82) is 0 Å². The van der Waals surface area contributed by atoms with E-state index in [0.717, 1.165) is 22.3 Å². The van der Waals surface area contributed by atoms with Crippen LogP contribution in [-0.4, -0.2) is 31.5 Å². The lowest BCUT2D eigenvalue weighted by molar-refractivity contribution is 0.389. The van der Waals surface area contributed by atoms with Gasteiger partial charge in [0.15, 0.2) is 0 Å². The van der Waals surface area contributed by atoms with Crippen LogP contribution in [0.4, 0.5) is 0 Å². The highest BCUT2D eigenvalue weighted by atomic mass is 79.9. The van der Waals surface area contributed by atoms with Gasteiger partial charge in [0, 0.05) is 6.07 Å². The van der Waals surface area contributed by atoms with Crippen molar-refractivity contribution >= 4 is 15.9 Å². The Balaban J connectivity index is 2.16. The Morgan fingerprint density at radius 1 is 1.14 bits per heavy atom. The molecule has 21 heavy (non-hydrogen) atoms. The first-order chi connectivity index (χ1) is 10.2. The highest BCUT2D eigenvalue weighted by molar-refractivity contribution is 9.10. The van der Waals surface area contributed by atoms with Crippen molar-refractivity contribution in [2.45, 2.75) is 12.5 Å². The Morgan fingerprint density at radius 3 is 2.48 bits per heavy atom. The van der Waals surface area contributed by atoms with Crippen LogP contribution in [0.2, 0.25) is 0 Å². The van der Waals surface area contributed by atoms with Gasteiger partial charge < -0.3 is 14.8 Å². The van der Waals surface area contributed by atoms with Crippen LogP contribution < -0.4 is 14.8 Å². The number of rotatable bonds is 6. The predicted octanol–water partition coefficient (Wildman–Crippen LogP) is 2.76. The Labute approximate surface area is 132 Å². The van der Waals surface area contributed by atoms with Crippen LogP contribution in [0.15, 0.2) is 34.8 Å². The number of ether oxygens (including phenoxy) is 2. The molecule has 0 fully saturated rings. The summed E-state index contributed by atoms with van der Waals surface area (Å²) in [6, 6.07) is 9.88. The monoisotopic (exact) mass is 351 g/mol. The molecule has 1 aromatic heterocycles. The fourth-order valence-electron chi connectivity index (χ4n) is 2.05. The van der Waals surface area contributed by atoms with Crippen molar-refractivity contribution in [2.24, 2.45) is 0 Å². The molecule has 0 aliphatic heterocycles. The van der Waals surface area contributed by atoms with Crippen molar-refractivity contribution in [3.8, 4) is 11.6 Å². The maximum Gasteiger partial charge on any atom is 0.233 e. The van der Waals surface area contributed by atoms with E-state index in [9.17, 15) is 0 Å². The molecule has 0 saturated carbocycles. The molecule has 2 rings (SSSR count). The van der Waals surface area contributed by atoms with Crippen LogP contribution in [0.3, 0.4) is 0 Å². The summed E-state index contributed by atoms with van der Waals surface area (Å²) in [6.45, 7) is 0. The average molecular weight is 352 g/mol. The van der Waals surface area contributed by atoms with Crippen LogP contribution in [0.1, 0.15) is 17.3 Å². The van der Waals surface area contributed by atoms with Crippen LogP contribution >= 0.6 is 15.9 Å².